The Kier molecular flexibility index (Phi) is 7.18. The van der Waals surface area contributed by atoms with Crippen molar-refractivity contribution in [3.05, 3.63) is 93.2 Å². The van der Waals surface area contributed by atoms with Crippen molar-refractivity contribution < 1.29 is 36.7 Å². The Hall–Kier alpha value is -3.67. The summed E-state index contributed by atoms with van der Waals surface area (Å²) in [6, 6.07) is 13.7. The zero-order valence-corrected chi connectivity index (χ0v) is 23.9. The Balaban J connectivity index is 1.55. The Morgan fingerprint density at radius 2 is 1.81 bits per heavy atom. The number of fused-ring (bicyclic) bond motifs is 3. The Morgan fingerprint density at radius 3 is 2.49 bits per heavy atom. The van der Waals surface area contributed by atoms with Crippen LogP contribution in [0.1, 0.15) is 33.8 Å². The van der Waals surface area contributed by atoms with Crippen molar-refractivity contribution in [3.8, 4) is 0 Å². The number of hydrogen-bond acceptors (Lipinski definition) is 5. The molecule has 0 bridgehead atoms. The molecule has 3 aliphatic rings. The number of methoxy groups -OCH3 is 1. The Bertz CT molecular complexity index is 1650. The maximum atomic E-state index is 15.9. The van der Waals surface area contributed by atoms with E-state index in [1.807, 2.05) is 0 Å². The van der Waals surface area contributed by atoms with Gasteiger partial charge in [-0.05, 0) is 48.0 Å². The zero-order chi connectivity index (χ0) is 30.8. The molecule has 1 N–H and O–H groups in total. The first-order valence-electron chi connectivity index (χ1n) is 13.3. The van der Waals surface area contributed by atoms with Crippen LogP contribution >= 0.6 is 23.2 Å². The summed E-state index contributed by atoms with van der Waals surface area (Å²) in [5.74, 6) is -5.03. The van der Waals surface area contributed by atoms with Gasteiger partial charge in [-0.15, -0.1) is 0 Å². The van der Waals surface area contributed by atoms with Gasteiger partial charge >= 0.3 is 12.1 Å². The van der Waals surface area contributed by atoms with Crippen LogP contribution in [0.2, 0.25) is 10.0 Å². The lowest BCUT2D eigenvalue weighted by molar-refractivity contribution is -0.146. The molecule has 2 amide bonds. The van der Waals surface area contributed by atoms with Crippen molar-refractivity contribution in [3.63, 3.8) is 0 Å². The van der Waals surface area contributed by atoms with Gasteiger partial charge in [-0.2, -0.15) is 13.2 Å². The molecule has 4 atom stereocenters. The summed E-state index contributed by atoms with van der Waals surface area (Å²) >= 11 is 12.4. The third-order valence-corrected chi connectivity index (χ3v) is 9.06. The van der Waals surface area contributed by atoms with Gasteiger partial charge in [0.25, 0.3) is 0 Å². The summed E-state index contributed by atoms with van der Waals surface area (Å²) in [4.78, 5) is 43.1. The second-order valence-electron chi connectivity index (χ2n) is 10.7. The number of nitrogens with zero attached hydrogens (tertiary/aromatic N) is 2. The lowest BCUT2D eigenvalue weighted by Crippen LogP contribution is -2.54. The van der Waals surface area contributed by atoms with E-state index in [1.54, 1.807) is 0 Å². The van der Waals surface area contributed by atoms with E-state index >= 15 is 4.39 Å². The fourth-order valence-corrected chi connectivity index (χ4v) is 7.23. The van der Waals surface area contributed by atoms with Crippen molar-refractivity contribution in [2.75, 3.05) is 30.4 Å². The molecular weight excluding hydrogens is 613 g/mol. The first-order chi connectivity index (χ1) is 20.4. The lowest BCUT2D eigenvalue weighted by atomic mass is 9.71. The smallest absolute Gasteiger partial charge is 0.390 e. The maximum absolute atomic E-state index is 15.9. The predicted octanol–water partition coefficient (Wildman–Crippen LogP) is 6.15. The molecule has 2 saturated heterocycles. The Morgan fingerprint density at radius 1 is 1.09 bits per heavy atom. The summed E-state index contributed by atoms with van der Waals surface area (Å²) in [7, 11) is 1.23. The van der Waals surface area contributed by atoms with E-state index in [0.717, 1.165) is 0 Å². The number of hydrogen-bond donors (Lipinski definition) is 1. The molecule has 6 rings (SSSR count). The number of carbonyl (C=O) groups excluding carboxylic acids is 3. The van der Waals surface area contributed by atoms with Gasteiger partial charge in [-0.3, -0.25) is 14.5 Å². The quantitative estimate of drug-likeness (QED) is 0.269. The molecule has 3 aromatic carbocycles. The highest BCUT2D eigenvalue weighted by molar-refractivity contribution is 6.31. The normalized spacial score (nSPS) is 24.8. The van der Waals surface area contributed by atoms with Crippen LogP contribution in [-0.4, -0.2) is 55.1 Å². The molecule has 0 aromatic heterocycles. The van der Waals surface area contributed by atoms with E-state index in [9.17, 15) is 27.6 Å². The Labute approximate surface area is 253 Å². The molecule has 1 spiro atoms. The number of carbonyl (C=O) groups is 3. The molecule has 7 nitrogen and oxygen atoms in total. The van der Waals surface area contributed by atoms with Crippen LogP contribution < -0.4 is 10.2 Å². The summed E-state index contributed by atoms with van der Waals surface area (Å²) in [5.41, 5.74) is -0.756. The molecule has 0 radical (unpaired) electrons. The molecule has 3 heterocycles. The molecule has 3 aliphatic heterocycles. The van der Waals surface area contributed by atoms with Crippen molar-refractivity contribution in [1.82, 2.24) is 4.90 Å². The van der Waals surface area contributed by atoms with E-state index in [0.29, 0.717) is 11.3 Å². The third-order valence-electron chi connectivity index (χ3n) is 8.54. The van der Waals surface area contributed by atoms with Gasteiger partial charge < -0.3 is 15.0 Å². The molecule has 13 heteroatoms. The van der Waals surface area contributed by atoms with Gasteiger partial charge in [0.05, 0.1) is 30.0 Å². The summed E-state index contributed by atoms with van der Waals surface area (Å²) < 4.78 is 61.8. The number of ether oxygens (including phenoxy) is 1. The number of nitrogens with one attached hydrogen (secondary N) is 1. The molecule has 224 valence electrons. The second kappa shape index (κ2) is 10.5. The topological polar surface area (TPSA) is 78.9 Å². The van der Waals surface area contributed by atoms with E-state index in [4.69, 9.17) is 27.9 Å². The van der Waals surface area contributed by atoms with Crippen LogP contribution in [0.15, 0.2) is 60.7 Å². The van der Waals surface area contributed by atoms with E-state index in [1.165, 1.54) is 77.6 Å². The number of rotatable bonds is 5. The summed E-state index contributed by atoms with van der Waals surface area (Å²) in [5, 5.41) is 2.75. The van der Waals surface area contributed by atoms with Gasteiger partial charge in [0.2, 0.25) is 11.8 Å². The average Bonchev–Trinajstić information content (AvgIpc) is 3.55. The van der Waals surface area contributed by atoms with Crippen LogP contribution in [0.4, 0.5) is 28.9 Å². The van der Waals surface area contributed by atoms with Crippen molar-refractivity contribution in [2.24, 2.45) is 5.92 Å². The van der Waals surface area contributed by atoms with Crippen LogP contribution in [0.25, 0.3) is 0 Å². The predicted molar refractivity (Wildman–Crippen MR) is 151 cm³/mol. The molecule has 2 fully saturated rings. The maximum Gasteiger partial charge on any atom is 0.390 e. The minimum absolute atomic E-state index is 0.0637. The molecule has 43 heavy (non-hydrogen) atoms. The van der Waals surface area contributed by atoms with Gasteiger partial charge in [-0.1, -0.05) is 41.4 Å². The number of esters is 1. The third kappa shape index (κ3) is 4.56. The van der Waals surface area contributed by atoms with Crippen molar-refractivity contribution in [1.29, 1.82) is 0 Å². The second-order valence-corrected chi connectivity index (χ2v) is 11.5. The molecule has 0 saturated carbocycles. The van der Waals surface area contributed by atoms with Crippen LogP contribution in [0.3, 0.4) is 0 Å². The van der Waals surface area contributed by atoms with Crippen LogP contribution in [0.5, 0.6) is 0 Å². The van der Waals surface area contributed by atoms with Gasteiger partial charge in [-0.25, -0.2) is 9.18 Å². The van der Waals surface area contributed by atoms with Gasteiger partial charge in [0, 0.05) is 47.0 Å². The van der Waals surface area contributed by atoms with E-state index in [2.05, 4.69) is 5.32 Å². The van der Waals surface area contributed by atoms with Crippen molar-refractivity contribution in [2.45, 2.75) is 30.1 Å². The first kappa shape index (κ1) is 29.4. The highest BCUT2D eigenvalue weighted by Gasteiger charge is 2.71. The molecule has 0 aliphatic carbocycles. The monoisotopic (exact) mass is 635 g/mol. The number of benzene rings is 3. The fourth-order valence-electron chi connectivity index (χ4n) is 6.87. The number of alkyl halides is 3. The van der Waals surface area contributed by atoms with Crippen LogP contribution in [-0.2, 0) is 19.9 Å². The highest BCUT2D eigenvalue weighted by Crippen LogP contribution is 2.62. The van der Waals surface area contributed by atoms with E-state index in [-0.39, 0.29) is 33.4 Å². The number of halogens is 6. The number of anilines is 2. The minimum Gasteiger partial charge on any atom is -0.465 e. The molecule has 3 aromatic rings. The SMILES string of the molecule is COC(=O)c1ccc(N2CC3[C@@H](C2=O)[C@H](c2cccc(Cl)c2F)C2(C(=O)Nc4cc(Cl)ccc42)N3CCC(F)(F)F)cc1. The molecule has 2 unspecified atom stereocenters. The van der Waals surface area contributed by atoms with Crippen molar-refractivity contribution >= 4 is 52.4 Å². The summed E-state index contributed by atoms with van der Waals surface area (Å²) in [6.07, 6.45) is -5.86. The molecular formula is C30H23Cl2F4N3O4. The van der Waals surface area contributed by atoms with Crippen LogP contribution in [0, 0.1) is 11.7 Å². The lowest BCUT2D eigenvalue weighted by Gasteiger charge is -2.41. The fraction of sp³-hybridized carbons (Fsp3) is 0.300. The van der Waals surface area contributed by atoms with E-state index < -0.39 is 66.2 Å². The largest absolute Gasteiger partial charge is 0.465 e. The van der Waals surface area contributed by atoms with Gasteiger partial charge in [0.15, 0.2) is 0 Å². The first-order valence-corrected chi connectivity index (χ1v) is 14.0. The minimum atomic E-state index is -4.58. The standard InChI is InChI=1S/C30H23Cl2F4N3O4/c1-43-27(41)15-5-8-17(9-6-15)38-14-22-23(26(38)40)24(18-3-2-4-20(32)25(18)33)30(39(22)12-11-29(34,35)36)19-10-7-16(31)13-21(19)37-28(30)42/h2-10,13,22-24H,11-12,14H2,1H3,(H,37,42)/t22?,23-,24+,30?/m1/s1. The average molecular weight is 636 g/mol. The summed E-state index contributed by atoms with van der Waals surface area (Å²) in [6.45, 7) is -0.725. The number of likely N-dealkylation sites (tertiary alicyclic amines) is 1. The zero-order valence-electron chi connectivity index (χ0n) is 22.4. The number of amides is 2. The highest BCUT2D eigenvalue weighted by atomic mass is 35.5. The van der Waals surface area contributed by atoms with Gasteiger partial charge in [0.1, 0.15) is 11.4 Å².